The highest BCUT2D eigenvalue weighted by Gasteiger charge is 2.43. The molecule has 0 heterocycles. The van der Waals surface area contributed by atoms with Gasteiger partial charge in [0.05, 0.1) is 19.3 Å². The predicted molar refractivity (Wildman–Crippen MR) is 77.6 cm³/mol. The van der Waals surface area contributed by atoms with Gasteiger partial charge < -0.3 is 9.47 Å². The van der Waals surface area contributed by atoms with E-state index in [4.69, 9.17) is 14.7 Å². The van der Waals surface area contributed by atoms with Crippen molar-refractivity contribution in [2.75, 3.05) is 13.2 Å². The lowest BCUT2D eigenvalue weighted by molar-refractivity contribution is 0.220. The van der Waals surface area contributed by atoms with Crippen molar-refractivity contribution in [3.8, 4) is 17.6 Å². The Morgan fingerprint density at radius 1 is 1.37 bits per heavy atom. The molecule has 0 unspecified atom stereocenters. The van der Waals surface area contributed by atoms with E-state index in [1.54, 1.807) is 0 Å². The first-order valence-electron chi connectivity index (χ1n) is 6.55. The zero-order valence-electron chi connectivity index (χ0n) is 11.1. The van der Waals surface area contributed by atoms with Crippen molar-refractivity contribution < 1.29 is 9.47 Å². The maximum atomic E-state index is 8.84. The van der Waals surface area contributed by atoms with Crippen LogP contribution in [0.4, 0.5) is 0 Å². The molecule has 0 atom stereocenters. The highest BCUT2D eigenvalue weighted by molar-refractivity contribution is 9.08. The molecule has 0 amide bonds. The summed E-state index contributed by atoms with van der Waals surface area (Å²) in [5, 5.41) is 9.57. The van der Waals surface area contributed by atoms with Crippen molar-refractivity contribution >= 4 is 15.9 Å². The molecule has 4 heteroatoms. The molecule has 1 saturated carbocycles. The van der Waals surface area contributed by atoms with Crippen molar-refractivity contribution in [1.29, 1.82) is 5.26 Å². The average molecular weight is 324 g/mol. The fourth-order valence-electron chi connectivity index (χ4n) is 2.04. The van der Waals surface area contributed by atoms with Gasteiger partial charge in [-0.2, -0.15) is 5.26 Å². The normalized spacial score (nSPS) is 15.6. The Balaban J connectivity index is 2.12. The largest absolute Gasteiger partial charge is 0.490 e. The number of rotatable bonds is 7. The molecule has 0 aromatic heterocycles. The van der Waals surface area contributed by atoms with Gasteiger partial charge in [-0.1, -0.05) is 28.1 Å². The third-order valence-electron chi connectivity index (χ3n) is 3.44. The maximum absolute atomic E-state index is 8.84. The molecule has 0 aliphatic heterocycles. The van der Waals surface area contributed by atoms with Crippen molar-refractivity contribution in [3.05, 3.63) is 23.8 Å². The Morgan fingerprint density at radius 3 is 2.74 bits per heavy atom. The smallest absolute Gasteiger partial charge is 0.165 e. The molecule has 0 spiro atoms. The Kier molecular flexibility index (Phi) is 4.71. The monoisotopic (exact) mass is 323 g/mol. The van der Waals surface area contributed by atoms with Crippen molar-refractivity contribution in [2.24, 2.45) is 5.41 Å². The Bertz CT molecular complexity index is 478. The van der Waals surface area contributed by atoms with Gasteiger partial charge in [0.1, 0.15) is 0 Å². The number of nitriles is 1. The molecule has 0 N–H and O–H groups in total. The van der Waals surface area contributed by atoms with E-state index in [1.807, 2.05) is 25.1 Å². The number of ether oxygens (including phenoxy) is 2. The molecule has 0 bridgehead atoms. The van der Waals surface area contributed by atoms with Crippen LogP contribution in [0.5, 0.6) is 11.5 Å². The summed E-state index contributed by atoms with van der Waals surface area (Å²) in [6.07, 6.45) is 2.75. The summed E-state index contributed by atoms with van der Waals surface area (Å²) in [5.41, 5.74) is 1.16. The summed E-state index contributed by atoms with van der Waals surface area (Å²) in [4.78, 5) is 0. The molecule has 19 heavy (non-hydrogen) atoms. The van der Waals surface area contributed by atoms with Crippen LogP contribution in [-0.4, -0.2) is 13.2 Å². The third kappa shape index (κ3) is 3.42. The second-order valence-electron chi connectivity index (χ2n) is 4.93. The molecule has 1 aromatic carbocycles. The number of benzene rings is 1. The van der Waals surface area contributed by atoms with Crippen LogP contribution in [0.3, 0.4) is 0 Å². The minimum Gasteiger partial charge on any atom is -0.490 e. The van der Waals surface area contributed by atoms with Gasteiger partial charge in [0, 0.05) is 22.7 Å². The van der Waals surface area contributed by atoms with Crippen molar-refractivity contribution in [2.45, 2.75) is 31.5 Å². The molecular formula is C15H18BrNO2. The van der Waals surface area contributed by atoms with Gasteiger partial charge in [-0.3, -0.25) is 0 Å². The molecule has 0 radical (unpaired) electrons. The van der Waals surface area contributed by atoms with Crippen LogP contribution in [0.1, 0.15) is 31.7 Å². The average Bonchev–Trinajstić information content (AvgIpc) is 3.18. The fraction of sp³-hybridized carbons (Fsp3) is 0.533. The van der Waals surface area contributed by atoms with Crippen LogP contribution in [0.2, 0.25) is 0 Å². The summed E-state index contributed by atoms with van der Waals surface area (Å²) in [5.74, 6) is 1.60. The number of alkyl halides is 1. The second kappa shape index (κ2) is 6.29. The van der Waals surface area contributed by atoms with Crippen LogP contribution in [-0.2, 0) is 5.33 Å². The maximum Gasteiger partial charge on any atom is 0.165 e. The summed E-state index contributed by atoms with van der Waals surface area (Å²) in [6, 6.07) is 8.17. The molecule has 102 valence electrons. The van der Waals surface area contributed by atoms with Gasteiger partial charge >= 0.3 is 0 Å². The predicted octanol–water partition coefficient (Wildman–Crippen LogP) is 4.05. The van der Waals surface area contributed by atoms with E-state index >= 15 is 0 Å². The van der Waals surface area contributed by atoms with Crippen LogP contribution in [0.15, 0.2) is 18.2 Å². The fourth-order valence-corrected chi connectivity index (χ4v) is 2.48. The molecule has 1 aliphatic rings. The van der Waals surface area contributed by atoms with Gasteiger partial charge in [0.15, 0.2) is 11.5 Å². The quantitative estimate of drug-likeness (QED) is 0.711. The molecular weight excluding hydrogens is 306 g/mol. The first kappa shape index (κ1) is 14.2. The molecule has 0 saturated heterocycles. The lowest BCUT2D eigenvalue weighted by atomic mass is 10.1. The summed E-state index contributed by atoms with van der Waals surface area (Å²) in [6.45, 7) is 3.18. The van der Waals surface area contributed by atoms with E-state index in [0.29, 0.717) is 19.6 Å². The van der Waals surface area contributed by atoms with Gasteiger partial charge in [0.25, 0.3) is 0 Å². The number of para-hydroxylation sites is 1. The first-order valence-corrected chi connectivity index (χ1v) is 7.67. The Morgan fingerprint density at radius 2 is 2.16 bits per heavy atom. The summed E-state index contributed by atoms with van der Waals surface area (Å²) >= 11 is 3.47. The minimum atomic E-state index is 0.0810. The number of hydrogen-bond donors (Lipinski definition) is 0. The zero-order chi connectivity index (χ0) is 13.7. The molecule has 3 nitrogen and oxygen atoms in total. The minimum absolute atomic E-state index is 0.0810. The molecule has 2 rings (SSSR count). The van der Waals surface area contributed by atoms with Crippen LogP contribution >= 0.6 is 15.9 Å². The Hall–Kier alpha value is -1.21. The summed E-state index contributed by atoms with van der Waals surface area (Å²) in [7, 11) is 0. The third-order valence-corrected chi connectivity index (χ3v) is 4.04. The second-order valence-corrected chi connectivity index (χ2v) is 5.50. The number of nitrogens with zero attached hydrogens (tertiary/aromatic N) is 1. The molecule has 1 aromatic rings. The van der Waals surface area contributed by atoms with Gasteiger partial charge in [-0.15, -0.1) is 0 Å². The van der Waals surface area contributed by atoms with Gasteiger partial charge in [-0.25, -0.2) is 0 Å². The van der Waals surface area contributed by atoms with E-state index in [2.05, 4.69) is 22.0 Å². The molecule has 1 aliphatic carbocycles. The van der Waals surface area contributed by atoms with Crippen molar-refractivity contribution in [1.82, 2.24) is 0 Å². The van der Waals surface area contributed by atoms with Crippen molar-refractivity contribution in [3.63, 3.8) is 0 Å². The van der Waals surface area contributed by atoms with Crippen LogP contribution in [0, 0.1) is 16.7 Å². The lowest BCUT2D eigenvalue weighted by Crippen LogP contribution is -2.13. The lowest BCUT2D eigenvalue weighted by Gasteiger charge is -2.18. The highest BCUT2D eigenvalue weighted by atomic mass is 79.9. The number of hydrogen-bond acceptors (Lipinski definition) is 3. The van der Waals surface area contributed by atoms with E-state index in [1.165, 1.54) is 0 Å². The first-order chi connectivity index (χ1) is 9.24. The standard InChI is InChI=1S/C15H18BrNO2/c1-2-18-13-5-3-4-12(10-16)14(13)19-11-15(6-7-15)8-9-17/h3-5H,2,6-8,10-11H2,1H3. The SMILES string of the molecule is CCOc1cccc(CBr)c1OCC1(CC#N)CC1. The van der Waals surface area contributed by atoms with E-state index < -0.39 is 0 Å². The topological polar surface area (TPSA) is 42.2 Å². The van der Waals surface area contributed by atoms with E-state index in [0.717, 1.165) is 35.2 Å². The van der Waals surface area contributed by atoms with Gasteiger partial charge in [0.2, 0.25) is 0 Å². The highest BCUT2D eigenvalue weighted by Crippen LogP contribution is 2.49. The van der Waals surface area contributed by atoms with E-state index in [9.17, 15) is 0 Å². The van der Waals surface area contributed by atoms with Crippen LogP contribution < -0.4 is 9.47 Å². The zero-order valence-corrected chi connectivity index (χ0v) is 12.7. The van der Waals surface area contributed by atoms with Gasteiger partial charge in [-0.05, 0) is 25.8 Å². The van der Waals surface area contributed by atoms with E-state index in [-0.39, 0.29) is 5.41 Å². The number of halogens is 1. The summed E-state index contributed by atoms with van der Waals surface area (Å²) < 4.78 is 11.6. The molecule has 1 fully saturated rings. The van der Waals surface area contributed by atoms with Crippen LogP contribution in [0.25, 0.3) is 0 Å². The Labute approximate surface area is 122 Å².